The van der Waals surface area contributed by atoms with Crippen LogP contribution in [0, 0.1) is 6.92 Å². The number of hydrogen-bond acceptors (Lipinski definition) is 6. The SMILES string of the molecule is Cc1ccc(S(=O)(=O)N[C@H](CCC(=O)[O-])CC(=O)[O-])cc1.[Na+].[Na+]. The van der Waals surface area contributed by atoms with E-state index in [9.17, 15) is 28.2 Å². The van der Waals surface area contributed by atoms with Gasteiger partial charge in [0.05, 0.1) is 4.90 Å². The monoisotopic (exact) mass is 359 g/mol. The maximum atomic E-state index is 12.1. The van der Waals surface area contributed by atoms with Gasteiger partial charge < -0.3 is 19.8 Å². The third-order valence-corrected chi connectivity index (χ3v) is 4.30. The Hall–Kier alpha value is 0.0700. The zero-order valence-electron chi connectivity index (χ0n) is 13.4. The van der Waals surface area contributed by atoms with Gasteiger partial charge in [-0.2, -0.15) is 0 Å². The second kappa shape index (κ2) is 11.6. The van der Waals surface area contributed by atoms with E-state index in [2.05, 4.69) is 4.72 Å². The first-order valence-corrected chi connectivity index (χ1v) is 7.67. The van der Waals surface area contributed by atoms with E-state index in [-0.39, 0.29) is 70.4 Å². The van der Waals surface area contributed by atoms with Gasteiger partial charge in [0.15, 0.2) is 0 Å². The molecule has 116 valence electrons. The third kappa shape index (κ3) is 9.83. The van der Waals surface area contributed by atoms with E-state index in [0.29, 0.717) is 0 Å². The van der Waals surface area contributed by atoms with E-state index >= 15 is 0 Å². The Balaban J connectivity index is 0. The number of sulfonamides is 1. The molecule has 1 rings (SSSR count). The predicted octanol–water partition coefficient (Wildman–Crippen LogP) is -7.68. The van der Waals surface area contributed by atoms with Crippen LogP contribution in [0.25, 0.3) is 0 Å². The van der Waals surface area contributed by atoms with Gasteiger partial charge in [0.1, 0.15) is 0 Å². The van der Waals surface area contributed by atoms with Crippen molar-refractivity contribution in [3.05, 3.63) is 29.8 Å². The summed E-state index contributed by atoms with van der Waals surface area (Å²) in [7, 11) is -3.92. The second-order valence-electron chi connectivity index (χ2n) is 4.62. The van der Waals surface area contributed by atoms with Gasteiger partial charge in [-0.3, -0.25) is 0 Å². The van der Waals surface area contributed by atoms with Crippen LogP contribution in [0.5, 0.6) is 0 Å². The quantitative estimate of drug-likeness (QED) is 0.460. The van der Waals surface area contributed by atoms with Crippen molar-refractivity contribution in [3.63, 3.8) is 0 Å². The zero-order valence-corrected chi connectivity index (χ0v) is 18.2. The maximum absolute atomic E-state index is 12.1. The molecule has 0 radical (unpaired) electrons. The number of benzene rings is 1. The molecule has 0 spiro atoms. The molecule has 0 aliphatic heterocycles. The molecule has 23 heavy (non-hydrogen) atoms. The topological polar surface area (TPSA) is 126 Å². The van der Waals surface area contributed by atoms with Crippen molar-refractivity contribution in [3.8, 4) is 0 Å². The Kier molecular flexibility index (Phi) is 12.8. The van der Waals surface area contributed by atoms with Gasteiger partial charge in [-0.25, -0.2) is 13.1 Å². The molecule has 0 aliphatic rings. The van der Waals surface area contributed by atoms with Gasteiger partial charge in [-0.05, 0) is 31.9 Å². The average molecular weight is 359 g/mol. The fraction of sp³-hybridized carbons (Fsp3) is 0.385. The number of carbonyl (C=O) groups is 2. The Morgan fingerprint density at radius 1 is 1.09 bits per heavy atom. The number of carboxylic acid groups (broad SMARTS) is 2. The van der Waals surface area contributed by atoms with Gasteiger partial charge in [-0.1, -0.05) is 17.7 Å². The van der Waals surface area contributed by atoms with Crippen LogP contribution in [0.3, 0.4) is 0 Å². The minimum absolute atomic E-state index is 0. The van der Waals surface area contributed by atoms with Crippen LogP contribution in [0.2, 0.25) is 0 Å². The Labute approximate surface area is 179 Å². The molecule has 0 fully saturated rings. The Morgan fingerprint density at radius 3 is 2.04 bits per heavy atom. The molecule has 0 saturated heterocycles. The molecule has 1 aromatic carbocycles. The summed E-state index contributed by atoms with van der Waals surface area (Å²) < 4.78 is 26.4. The van der Waals surface area contributed by atoms with Crippen molar-refractivity contribution in [2.45, 2.75) is 37.1 Å². The number of carbonyl (C=O) groups excluding carboxylic acids is 2. The smallest absolute Gasteiger partial charge is 0.550 e. The van der Waals surface area contributed by atoms with Gasteiger partial charge in [-0.15, -0.1) is 0 Å². The molecule has 0 unspecified atom stereocenters. The fourth-order valence-corrected chi connectivity index (χ4v) is 2.97. The average Bonchev–Trinajstić information content (AvgIpc) is 2.35. The van der Waals surface area contributed by atoms with Crippen molar-refractivity contribution < 1.29 is 87.3 Å². The maximum Gasteiger partial charge on any atom is 1.00 e. The van der Waals surface area contributed by atoms with E-state index in [0.717, 1.165) is 5.56 Å². The Bertz CT molecular complexity index is 618. The first-order valence-electron chi connectivity index (χ1n) is 6.19. The van der Waals surface area contributed by atoms with Crippen molar-refractivity contribution in [1.82, 2.24) is 4.72 Å². The first-order chi connectivity index (χ1) is 9.70. The standard InChI is InChI=1S/C13H17NO6S.2Na/c1-9-2-5-11(6-3-9)21(19,20)14-10(8-13(17)18)4-7-12(15)16;;/h2-3,5-6,10,14H,4,7-8H2,1H3,(H,15,16)(H,17,18);;/q;2*+1/p-2/t10-;;/m1../s1. The van der Waals surface area contributed by atoms with Gasteiger partial charge >= 0.3 is 59.1 Å². The number of rotatable bonds is 8. The number of carboxylic acids is 2. The van der Waals surface area contributed by atoms with Gasteiger partial charge in [0, 0.05) is 24.4 Å². The molecule has 0 saturated carbocycles. The fourth-order valence-electron chi connectivity index (χ4n) is 1.70. The third-order valence-electron chi connectivity index (χ3n) is 2.76. The van der Waals surface area contributed by atoms with Crippen LogP contribution >= 0.6 is 0 Å². The normalized spacial score (nSPS) is 11.7. The van der Waals surface area contributed by atoms with E-state index < -0.39 is 40.8 Å². The number of nitrogens with one attached hydrogen (secondary N) is 1. The molecule has 1 atom stereocenters. The van der Waals surface area contributed by atoms with Crippen LogP contribution in [-0.4, -0.2) is 26.4 Å². The molecule has 10 heteroatoms. The first kappa shape index (κ1) is 25.3. The summed E-state index contributed by atoms with van der Waals surface area (Å²) in [6.45, 7) is 1.79. The summed E-state index contributed by atoms with van der Waals surface area (Å²) in [5.74, 6) is -2.85. The number of aliphatic carboxylic acids is 2. The largest absolute Gasteiger partial charge is 1.00 e. The molecule has 0 heterocycles. The molecule has 0 amide bonds. The molecule has 0 bridgehead atoms. The minimum atomic E-state index is -3.92. The van der Waals surface area contributed by atoms with Gasteiger partial charge in [0.2, 0.25) is 10.0 Å². The Morgan fingerprint density at radius 2 is 1.61 bits per heavy atom. The molecule has 1 aromatic rings. The van der Waals surface area contributed by atoms with Gasteiger partial charge in [0.25, 0.3) is 0 Å². The molecular formula is C13H15NNa2O6S. The van der Waals surface area contributed by atoms with Crippen LogP contribution < -0.4 is 74.0 Å². The predicted molar refractivity (Wildman–Crippen MR) is 69.2 cm³/mol. The summed E-state index contributed by atoms with van der Waals surface area (Å²) in [6.07, 6.45) is -1.26. The number of hydrogen-bond donors (Lipinski definition) is 1. The molecular weight excluding hydrogens is 344 g/mol. The molecule has 7 nitrogen and oxygen atoms in total. The van der Waals surface area contributed by atoms with Crippen molar-refractivity contribution in [1.29, 1.82) is 0 Å². The van der Waals surface area contributed by atoms with Crippen LogP contribution in [0.4, 0.5) is 0 Å². The summed E-state index contributed by atoms with van der Waals surface area (Å²) in [6, 6.07) is 4.89. The van der Waals surface area contributed by atoms with Crippen molar-refractivity contribution in [2.75, 3.05) is 0 Å². The van der Waals surface area contributed by atoms with E-state index in [4.69, 9.17) is 0 Å². The van der Waals surface area contributed by atoms with Crippen LogP contribution in [-0.2, 0) is 19.6 Å². The summed E-state index contributed by atoms with van der Waals surface area (Å²) in [5.41, 5.74) is 0.872. The van der Waals surface area contributed by atoms with E-state index in [1.165, 1.54) is 12.1 Å². The number of aryl methyl sites for hydroxylation is 1. The van der Waals surface area contributed by atoms with E-state index in [1.807, 2.05) is 0 Å². The summed E-state index contributed by atoms with van der Waals surface area (Å²) in [5, 5.41) is 21.0. The second-order valence-corrected chi connectivity index (χ2v) is 6.33. The van der Waals surface area contributed by atoms with Crippen molar-refractivity contribution >= 4 is 22.0 Å². The minimum Gasteiger partial charge on any atom is -0.550 e. The molecule has 1 N–H and O–H groups in total. The van der Waals surface area contributed by atoms with Crippen LogP contribution in [0.1, 0.15) is 24.8 Å². The van der Waals surface area contributed by atoms with E-state index in [1.54, 1.807) is 19.1 Å². The molecule has 0 aromatic heterocycles. The van der Waals surface area contributed by atoms with Crippen molar-refractivity contribution in [2.24, 2.45) is 0 Å². The summed E-state index contributed by atoms with van der Waals surface area (Å²) in [4.78, 5) is 21.0. The zero-order chi connectivity index (χ0) is 16.0. The van der Waals surface area contributed by atoms with Crippen LogP contribution in [0.15, 0.2) is 29.2 Å². The molecule has 0 aliphatic carbocycles. The summed E-state index contributed by atoms with van der Waals surface area (Å²) >= 11 is 0.